The maximum absolute atomic E-state index is 13.1. The van der Waals surface area contributed by atoms with Crippen LogP contribution in [0.15, 0.2) is 23.3 Å². The number of aliphatic hydroxyl groups is 7. The number of rotatable bonds is 16. The highest BCUT2D eigenvalue weighted by Crippen LogP contribution is 2.51. The molecule has 0 radical (unpaired) electrons. The van der Waals surface area contributed by atoms with Crippen LogP contribution >= 0.6 is 7.82 Å². The Morgan fingerprint density at radius 3 is 2.53 bits per heavy atom. The topological polar surface area (TPSA) is 374 Å². The Hall–Kier alpha value is -3.49. The Bertz CT molecular complexity index is 1710. The number of anilines is 1. The summed E-state index contributed by atoms with van der Waals surface area (Å²) in [5.74, 6) is -6.43. The van der Waals surface area contributed by atoms with Gasteiger partial charge in [0.25, 0.3) is 5.79 Å². The molecular formula is C28H44N7O17P. The molecule has 298 valence electrons. The van der Waals surface area contributed by atoms with Crippen LogP contribution in [0.25, 0.3) is 0 Å². The first-order valence-electron chi connectivity index (χ1n) is 16.1. The van der Waals surface area contributed by atoms with Gasteiger partial charge in [0.15, 0.2) is 6.23 Å². The Morgan fingerprint density at radius 2 is 1.92 bits per heavy atom. The molecule has 2 unspecified atom stereocenters. The molecule has 2 aromatic heterocycles. The number of carbonyl (C=O) groups is 2. The number of carboxylic acid groups (broad SMARTS) is 1. The van der Waals surface area contributed by atoms with E-state index >= 15 is 0 Å². The second-order valence-electron chi connectivity index (χ2n) is 13.4. The van der Waals surface area contributed by atoms with E-state index in [-0.39, 0.29) is 17.4 Å². The molecule has 12 N–H and O–H groups in total. The number of aliphatic carboxylic acids is 1. The lowest BCUT2D eigenvalue weighted by Gasteiger charge is -2.46. The lowest BCUT2D eigenvalue weighted by Crippen LogP contribution is -2.68. The van der Waals surface area contributed by atoms with E-state index in [9.17, 15) is 64.7 Å². The number of carboxylic acids is 1. The summed E-state index contributed by atoms with van der Waals surface area (Å²) in [5.41, 5.74) is 3.25. The summed E-state index contributed by atoms with van der Waals surface area (Å²) in [6, 6.07) is -0.548. The van der Waals surface area contributed by atoms with Crippen molar-refractivity contribution in [3.8, 4) is 0 Å². The molecule has 2 saturated heterocycles. The number of amides is 1. The molecule has 0 aliphatic carbocycles. The van der Waals surface area contributed by atoms with Crippen LogP contribution in [0.5, 0.6) is 0 Å². The summed E-state index contributed by atoms with van der Waals surface area (Å²) in [4.78, 5) is 51.8. The number of hydrogen-bond donors (Lipinski definition) is 11. The minimum Gasteiger partial charge on any atom is -0.477 e. The van der Waals surface area contributed by atoms with Gasteiger partial charge in [0.2, 0.25) is 5.91 Å². The van der Waals surface area contributed by atoms with E-state index in [0.717, 1.165) is 15.4 Å². The summed E-state index contributed by atoms with van der Waals surface area (Å²) in [6.45, 7) is 2.52. The van der Waals surface area contributed by atoms with Crippen molar-refractivity contribution >= 4 is 25.5 Å². The van der Waals surface area contributed by atoms with Crippen LogP contribution in [0.1, 0.15) is 45.5 Å². The Morgan fingerprint density at radius 1 is 1.25 bits per heavy atom. The summed E-state index contributed by atoms with van der Waals surface area (Å²) in [7, 11) is -5.62. The number of ether oxygens (including phenoxy) is 2. The van der Waals surface area contributed by atoms with Gasteiger partial charge in [-0.1, -0.05) is 19.1 Å². The van der Waals surface area contributed by atoms with Crippen molar-refractivity contribution in [2.75, 3.05) is 18.9 Å². The van der Waals surface area contributed by atoms with Gasteiger partial charge in [0, 0.05) is 12.6 Å². The fourth-order valence-corrected chi connectivity index (χ4v) is 6.94. The first-order valence-corrected chi connectivity index (χ1v) is 17.6. The highest BCUT2D eigenvalue weighted by molar-refractivity contribution is 7.47. The van der Waals surface area contributed by atoms with E-state index in [1.807, 2.05) is 13.8 Å². The van der Waals surface area contributed by atoms with Crippen molar-refractivity contribution in [1.82, 2.24) is 29.9 Å². The van der Waals surface area contributed by atoms with Crippen LogP contribution in [0.4, 0.5) is 5.82 Å². The van der Waals surface area contributed by atoms with E-state index in [0.29, 0.717) is 6.42 Å². The molecule has 12 atom stereocenters. The molecular weight excluding hydrogens is 737 g/mol. The van der Waals surface area contributed by atoms with Crippen LogP contribution in [-0.2, 0) is 44.8 Å². The monoisotopic (exact) mass is 781 g/mol. The molecule has 0 bridgehead atoms. The van der Waals surface area contributed by atoms with E-state index in [2.05, 4.69) is 20.6 Å². The van der Waals surface area contributed by atoms with Crippen molar-refractivity contribution in [1.29, 1.82) is 0 Å². The van der Waals surface area contributed by atoms with Gasteiger partial charge in [-0.3, -0.25) is 13.9 Å². The molecule has 1 amide bonds. The van der Waals surface area contributed by atoms with Gasteiger partial charge in [-0.05, 0) is 25.3 Å². The third-order valence-electron chi connectivity index (χ3n) is 8.47. The summed E-state index contributed by atoms with van der Waals surface area (Å²) in [6.07, 6.45) is -13.7. The minimum absolute atomic E-state index is 0.0836. The minimum atomic E-state index is -5.62. The zero-order chi connectivity index (χ0) is 39.6. The first kappa shape index (κ1) is 42.3. The maximum atomic E-state index is 13.1. The molecule has 2 fully saturated rings. The number of carbonyl (C=O) groups excluding carboxylic acids is 1. The maximum Gasteiger partial charge on any atom is 0.475 e. The quantitative estimate of drug-likeness (QED) is 0.0712. The van der Waals surface area contributed by atoms with Crippen molar-refractivity contribution in [2.45, 2.75) is 107 Å². The largest absolute Gasteiger partial charge is 0.477 e. The number of nitrogens with one attached hydrogen (secondary N) is 1. The molecule has 4 heterocycles. The summed E-state index contributed by atoms with van der Waals surface area (Å²) < 4.78 is 35.5. The van der Waals surface area contributed by atoms with Gasteiger partial charge in [-0.25, -0.2) is 23.4 Å². The van der Waals surface area contributed by atoms with Crippen molar-refractivity contribution in [3.05, 3.63) is 34.6 Å². The average molecular weight is 782 g/mol. The SMILES string of the molecule is CC(C)CC(C)(O)c1cn(CC(=O)N[C@H]2[C@H]([C@H](O)[C@H](O)CO)O[C@](OP(=O)(O)OC[C@H]3O[C@@H](n4ccc(N)nc4=O)[C@H](O)[C@@H]3O)(C(=O)O)C[C@@H]2O)nn1. The molecule has 2 aromatic rings. The molecule has 53 heavy (non-hydrogen) atoms. The van der Waals surface area contributed by atoms with E-state index < -0.39 is 118 Å². The van der Waals surface area contributed by atoms with Crippen LogP contribution in [0.2, 0.25) is 0 Å². The Balaban J connectivity index is 1.49. The highest BCUT2D eigenvalue weighted by atomic mass is 31.2. The van der Waals surface area contributed by atoms with Crippen molar-refractivity contribution < 1.29 is 78.4 Å². The van der Waals surface area contributed by atoms with E-state index in [1.165, 1.54) is 19.2 Å². The van der Waals surface area contributed by atoms with Crippen LogP contribution in [-0.4, -0.2) is 150 Å². The molecule has 24 nitrogen and oxygen atoms in total. The van der Waals surface area contributed by atoms with Gasteiger partial charge in [-0.2, -0.15) is 4.98 Å². The molecule has 0 saturated carbocycles. The Kier molecular flexibility index (Phi) is 13.1. The second-order valence-corrected chi connectivity index (χ2v) is 14.7. The highest BCUT2D eigenvalue weighted by Gasteiger charge is 2.59. The lowest BCUT2D eigenvalue weighted by molar-refractivity contribution is -0.289. The van der Waals surface area contributed by atoms with Crippen molar-refractivity contribution in [3.63, 3.8) is 0 Å². The number of nitrogen functional groups attached to an aromatic ring is 1. The van der Waals surface area contributed by atoms with Gasteiger partial charge < -0.3 is 66.3 Å². The smallest absolute Gasteiger partial charge is 0.475 e. The first-order chi connectivity index (χ1) is 24.6. The van der Waals surface area contributed by atoms with Crippen molar-refractivity contribution in [2.24, 2.45) is 5.92 Å². The van der Waals surface area contributed by atoms with Gasteiger partial charge in [0.1, 0.15) is 60.3 Å². The molecule has 25 heteroatoms. The van der Waals surface area contributed by atoms with E-state index in [4.69, 9.17) is 24.3 Å². The number of nitrogens with two attached hydrogens (primary N) is 1. The number of phosphoric ester groups is 1. The average Bonchev–Trinajstić information content (AvgIpc) is 3.64. The second kappa shape index (κ2) is 16.5. The molecule has 2 aliphatic rings. The van der Waals surface area contributed by atoms with Gasteiger partial charge >= 0.3 is 19.5 Å². The predicted molar refractivity (Wildman–Crippen MR) is 172 cm³/mol. The molecule has 4 rings (SSSR count). The molecule has 0 spiro atoms. The molecule has 0 aromatic carbocycles. The van der Waals surface area contributed by atoms with Crippen LogP contribution in [0, 0.1) is 5.92 Å². The summed E-state index contributed by atoms with van der Waals surface area (Å²) >= 11 is 0. The number of aliphatic hydroxyl groups excluding tert-OH is 6. The van der Waals surface area contributed by atoms with Gasteiger partial charge in [-0.15, -0.1) is 5.10 Å². The predicted octanol–water partition coefficient (Wildman–Crippen LogP) is -4.75. The molecule has 2 aliphatic heterocycles. The normalized spacial score (nSPS) is 31.1. The van der Waals surface area contributed by atoms with E-state index in [1.54, 1.807) is 0 Å². The number of hydrogen-bond acceptors (Lipinski definition) is 19. The van der Waals surface area contributed by atoms with Gasteiger partial charge in [0.05, 0.1) is 31.6 Å². The zero-order valence-electron chi connectivity index (χ0n) is 28.6. The lowest BCUT2D eigenvalue weighted by atomic mass is 9.88. The van der Waals surface area contributed by atoms with Crippen LogP contribution < -0.4 is 16.7 Å². The third-order valence-corrected chi connectivity index (χ3v) is 9.47. The fraction of sp³-hybridized carbons (Fsp3) is 0.714. The number of aromatic nitrogens is 5. The standard InChI is InChI=1S/C28H44N7O17P/c1-12(2)6-27(3,46)16-8-34(33-32-16)9-18(39)31-19-13(37)7-28(25(43)44,51-23(19)20(40)14(38)10-36)52-53(47,48)49-11-15-21(41)22(42)24(50-15)35-5-4-17(29)30-26(35)45/h4-5,8,12-15,19-24,36-38,40-42,46H,6-7,9-11H2,1-3H3,(H,31,39)(H,43,44)(H,47,48)(H2,29,30,45)/t13-,14+,15+,19+,20+,21+,22+,23+,24+,27?,28+/m0/s1. The third kappa shape index (κ3) is 9.79. The fourth-order valence-electron chi connectivity index (χ4n) is 5.98. The summed E-state index contributed by atoms with van der Waals surface area (Å²) in [5, 5.41) is 93.3. The Labute approximate surface area is 299 Å². The number of nitrogens with zero attached hydrogens (tertiary/aromatic N) is 5. The number of phosphoric acid groups is 1. The van der Waals surface area contributed by atoms with Crippen LogP contribution in [0.3, 0.4) is 0 Å². The zero-order valence-corrected chi connectivity index (χ0v) is 29.5.